The van der Waals surface area contributed by atoms with E-state index in [2.05, 4.69) is 5.32 Å². The molecule has 1 aliphatic heterocycles. The number of benzene rings is 2. The van der Waals surface area contributed by atoms with Crippen LogP contribution in [0.3, 0.4) is 0 Å². The highest BCUT2D eigenvalue weighted by atomic mass is 19.4. The first kappa shape index (κ1) is 24.4. The van der Waals surface area contributed by atoms with E-state index in [0.717, 1.165) is 6.08 Å². The average Bonchev–Trinajstić information content (AvgIpc) is 3.46. The number of halogens is 4. The molecule has 3 N–H and O–H groups in total. The number of ether oxygens (including phenoxy) is 1. The first-order valence-electron chi connectivity index (χ1n) is 10.5. The third-order valence-corrected chi connectivity index (χ3v) is 6.16. The minimum atomic E-state index is -4.73. The van der Waals surface area contributed by atoms with Crippen molar-refractivity contribution in [1.29, 1.82) is 0 Å². The number of fused-ring (bicyclic) bond motifs is 1. The molecule has 7 nitrogen and oxygen atoms in total. The Labute approximate surface area is 196 Å². The minimum Gasteiger partial charge on any atom is -0.478 e. The highest BCUT2D eigenvalue weighted by Gasteiger charge is 2.53. The summed E-state index contributed by atoms with van der Waals surface area (Å²) in [6, 6.07) is 6.16. The maximum absolute atomic E-state index is 14.6. The fourth-order valence-corrected chi connectivity index (χ4v) is 4.19. The lowest BCUT2D eigenvalue weighted by molar-refractivity contribution is -0.138. The Kier molecular flexibility index (Phi) is 5.92. The molecule has 2 aromatic carbocycles. The summed E-state index contributed by atoms with van der Waals surface area (Å²) in [5.74, 6) is -4.00. The summed E-state index contributed by atoms with van der Waals surface area (Å²) < 4.78 is 59.1. The summed E-state index contributed by atoms with van der Waals surface area (Å²) in [7, 11) is 0. The first-order chi connectivity index (χ1) is 16.3. The second kappa shape index (κ2) is 8.49. The van der Waals surface area contributed by atoms with E-state index in [1.165, 1.54) is 18.2 Å². The number of carboxylic acids is 1. The van der Waals surface area contributed by atoms with Crippen LogP contribution in [0.25, 0.3) is 0 Å². The number of rotatable bonds is 7. The molecule has 2 aromatic rings. The molecule has 1 atom stereocenters. The topological polar surface area (TPSA) is 113 Å². The summed E-state index contributed by atoms with van der Waals surface area (Å²) in [5.41, 5.74) is -4.23. The third kappa shape index (κ3) is 4.90. The lowest BCUT2D eigenvalue weighted by atomic mass is 9.81. The van der Waals surface area contributed by atoms with E-state index in [0.29, 0.717) is 35.4 Å². The first-order valence-corrected chi connectivity index (χ1v) is 10.5. The maximum atomic E-state index is 14.6. The smallest absolute Gasteiger partial charge is 0.416 e. The largest absolute Gasteiger partial charge is 0.478 e. The second-order valence-corrected chi connectivity index (χ2v) is 8.65. The molecule has 35 heavy (non-hydrogen) atoms. The molecule has 0 bridgehead atoms. The maximum Gasteiger partial charge on any atom is 0.416 e. The van der Waals surface area contributed by atoms with Gasteiger partial charge in [-0.05, 0) is 67.3 Å². The van der Waals surface area contributed by atoms with Crippen molar-refractivity contribution in [1.82, 2.24) is 0 Å². The summed E-state index contributed by atoms with van der Waals surface area (Å²) in [6.45, 7) is -0.0149. The van der Waals surface area contributed by atoms with Crippen molar-refractivity contribution in [3.05, 3.63) is 76.6 Å². The van der Waals surface area contributed by atoms with Gasteiger partial charge in [-0.25, -0.2) is 14.0 Å². The summed E-state index contributed by atoms with van der Waals surface area (Å²) in [4.78, 5) is 35.8. The van der Waals surface area contributed by atoms with Gasteiger partial charge in [-0.15, -0.1) is 0 Å². The Balaban J connectivity index is 1.65. The lowest BCUT2D eigenvalue weighted by Crippen LogP contribution is -2.44. The van der Waals surface area contributed by atoms with Crippen LogP contribution in [0.15, 0.2) is 48.6 Å². The van der Waals surface area contributed by atoms with Crippen molar-refractivity contribution in [2.24, 2.45) is 0 Å². The Morgan fingerprint density at radius 2 is 1.86 bits per heavy atom. The molecule has 2 aliphatic rings. The molecule has 11 heteroatoms. The normalized spacial score (nSPS) is 18.0. The van der Waals surface area contributed by atoms with Gasteiger partial charge in [0.1, 0.15) is 12.4 Å². The Morgan fingerprint density at radius 1 is 1.14 bits per heavy atom. The molecule has 1 unspecified atom stereocenters. The number of aliphatic hydroxyl groups is 1. The van der Waals surface area contributed by atoms with E-state index in [1.54, 1.807) is 0 Å². The molecule has 0 spiro atoms. The molecule has 1 amide bonds. The van der Waals surface area contributed by atoms with Crippen LogP contribution in [0, 0.1) is 5.82 Å². The number of carbonyl (C=O) groups excluding carboxylic acids is 2. The number of hydrogen-bond acceptors (Lipinski definition) is 5. The van der Waals surface area contributed by atoms with Crippen LogP contribution in [0.4, 0.5) is 23.2 Å². The number of amides is 1. The molecule has 1 fully saturated rings. The SMILES string of the molecule is O=C(O)/C=C/C(O)(CC1(c2cc(C(F)(F)F)ccc2F)CC1)C(=O)Nc1ccc2c(c1)COC2=O. The molecule has 1 heterocycles. The molecule has 0 aromatic heterocycles. The number of carboxylic acid groups (broad SMARTS) is 1. The number of hydrogen-bond donors (Lipinski definition) is 3. The predicted molar refractivity (Wildman–Crippen MR) is 113 cm³/mol. The Morgan fingerprint density at radius 3 is 2.49 bits per heavy atom. The molecule has 184 valence electrons. The molecular weight excluding hydrogens is 474 g/mol. The predicted octanol–water partition coefficient (Wildman–Crippen LogP) is 3.95. The number of alkyl halides is 3. The van der Waals surface area contributed by atoms with Crippen molar-refractivity contribution in [2.75, 3.05) is 5.32 Å². The van der Waals surface area contributed by atoms with Gasteiger partial charge in [-0.3, -0.25) is 4.79 Å². The fraction of sp³-hybridized carbons (Fsp3) is 0.292. The number of nitrogens with one attached hydrogen (secondary N) is 1. The standard InChI is InChI=1S/C24H19F4NO6/c25-18-4-1-14(24(26,27)28)10-17(18)22(7-8-22)12-23(34,6-5-19(30)31)21(33)29-15-2-3-16-13(9-15)11-35-20(16)32/h1-6,9-10,34H,7-8,11-12H2,(H,29,33)(H,30,31)/b6-5+. The van der Waals surface area contributed by atoms with Crippen molar-refractivity contribution in [3.63, 3.8) is 0 Å². The van der Waals surface area contributed by atoms with Gasteiger partial charge in [0.15, 0.2) is 5.60 Å². The van der Waals surface area contributed by atoms with Gasteiger partial charge >= 0.3 is 18.1 Å². The fourth-order valence-electron chi connectivity index (χ4n) is 4.19. The van der Waals surface area contributed by atoms with Crippen LogP contribution in [0.2, 0.25) is 0 Å². The van der Waals surface area contributed by atoms with Crippen molar-refractivity contribution in [3.8, 4) is 0 Å². The highest BCUT2D eigenvalue weighted by molar-refractivity contribution is 6.00. The zero-order chi connectivity index (χ0) is 25.6. The van der Waals surface area contributed by atoms with E-state index in [4.69, 9.17) is 9.84 Å². The quantitative estimate of drug-likeness (QED) is 0.306. The van der Waals surface area contributed by atoms with Gasteiger partial charge in [-0.2, -0.15) is 13.2 Å². The Hall–Kier alpha value is -3.73. The summed E-state index contributed by atoms with van der Waals surface area (Å²) in [5, 5.41) is 22.6. The molecular formula is C24H19F4NO6. The third-order valence-electron chi connectivity index (χ3n) is 6.16. The molecule has 1 saturated carbocycles. The number of carbonyl (C=O) groups is 3. The van der Waals surface area contributed by atoms with Crippen molar-refractivity contribution in [2.45, 2.75) is 43.1 Å². The van der Waals surface area contributed by atoms with Crippen molar-refractivity contribution < 1.29 is 46.9 Å². The zero-order valence-corrected chi connectivity index (χ0v) is 18.0. The Bertz CT molecular complexity index is 1250. The van der Waals surface area contributed by atoms with E-state index >= 15 is 0 Å². The van der Waals surface area contributed by atoms with Gasteiger partial charge in [0.05, 0.1) is 11.1 Å². The zero-order valence-electron chi connectivity index (χ0n) is 18.0. The molecule has 0 saturated heterocycles. The van der Waals surface area contributed by atoms with E-state index in [1.807, 2.05) is 0 Å². The van der Waals surface area contributed by atoms with Gasteiger partial charge in [0.25, 0.3) is 5.91 Å². The van der Waals surface area contributed by atoms with Crippen LogP contribution in [0.1, 0.15) is 46.3 Å². The van der Waals surface area contributed by atoms with E-state index < -0.39 is 52.8 Å². The van der Waals surface area contributed by atoms with Crippen LogP contribution in [-0.4, -0.2) is 33.7 Å². The second-order valence-electron chi connectivity index (χ2n) is 8.65. The van der Waals surface area contributed by atoms with Gasteiger partial charge < -0.3 is 20.3 Å². The summed E-state index contributed by atoms with van der Waals surface area (Å²) in [6.07, 6.45) is -3.67. The molecule has 0 radical (unpaired) electrons. The summed E-state index contributed by atoms with van der Waals surface area (Å²) >= 11 is 0. The van der Waals surface area contributed by atoms with E-state index in [9.17, 15) is 37.1 Å². The number of anilines is 1. The molecule has 4 rings (SSSR count). The number of aliphatic carboxylic acids is 1. The van der Waals surface area contributed by atoms with E-state index in [-0.39, 0.29) is 30.7 Å². The average molecular weight is 493 g/mol. The number of cyclic esters (lactones) is 1. The van der Waals surface area contributed by atoms with Crippen LogP contribution in [-0.2, 0) is 32.5 Å². The minimum absolute atomic E-state index is 0.0149. The van der Waals surface area contributed by atoms with Gasteiger partial charge in [-0.1, -0.05) is 0 Å². The molecule has 1 aliphatic carbocycles. The number of esters is 1. The monoisotopic (exact) mass is 493 g/mol. The highest BCUT2D eigenvalue weighted by Crippen LogP contribution is 2.55. The van der Waals surface area contributed by atoms with Gasteiger partial charge in [0.2, 0.25) is 0 Å². The van der Waals surface area contributed by atoms with Gasteiger partial charge in [0, 0.05) is 22.7 Å². The van der Waals surface area contributed by atoms with Crippen molar-refractivity contribution >= 4 is 23.5 Å². The van der Waals surface area contributed by atoms with Crippen LogP contribution >= 0.6 is 0 Å². The van der Waals surface area contributed by atoms with Crippen LogP contribution in [0.5, 0.6) is 0 Å². The lowest BCUT2D eigenvalue weighted by Gasteiger charge is -2.29. The van der Waals surface area contributed by atoms with Crippen LogP contribution < -0.4 is 5.32 Å².